The van der Waals surface area contributed by atoms with Crippen molar-refractivity contribution in [3.63, 3.8) is 0 Å². The number of hydrogen-bond acceptors (Lipinski definition) is 5. The summed E-state index contributed by atoms with van der Waals surface area (Å²) >= 11 is 3.61. The fourth-order valence-corrected chi connectivity index (χ4v) is 4.22. The highest BCUT2D eigenvalue weighted by molar-refractivity contribution is 8.01. The molecule has 0 radical (unpaired) electrons. The van der Waals surface area contributed by atoms with Crippen LogP contribution in [0.2, 0.25) is 0 Å². The minimum absolute atomic E-state index is 0.375. The van der Waals surface area contributed by atoms with E-state index in [0.717, 1.165) is 17.2 Å². The van der Waals surface area contributed by atoms with Crippen molar-refractivity contribution in [1.82, 2.24) is 5.32 Å². The van der Waals surface area contributed by atoms with Crippen LogP contribution >= 0.6 is 23.1 Å². The van der Waals surface area contributed by atoms with Crippen LogP contribution in [-0.2, 0) is 0 Å². The lowest BCUT2D eigenvalue weighted by Gasteiger charge is -2.23. The monoisotopic (exact) mass is 244 g/mol. The highest BCUT2D eigenvalue weighted by atomic mass is 32.2. The summed E-state index contributed by atoms with van der Waals surface area (Å²) < 4.78 is 1.34. The van der Waals surface area contributed by atoms with Gasteiger partial charge in [-0.3, -0.25) is 0 Å². The zero-order valence-corrected chi connectivity index (χ0v) is 10.6. The van der Waals surface area contributed by atoms with Crippen molar-refractivity contribution >= 4 is 28.8 Å². The Bertz CT molecular complexity index is 340. The van der Waals surface area contributed by atoms with Gasteiger partial charge in [-0.1, -0.05) is 0 Å². The highest BCUT2D eigenvalue weighted by Gasteiger charge is 2.20. The van der Waals surface area contributed by atoms with Gasteiger partial charge >= 0.3 is 0 Å². The summed E-state index contributed by atoms with van der Waals surface area (Å²) in [7, 11) is 3.97. The maximum atomic E-state index is 9.88. The zero-order valence-electron chi connectivity index (χ0n) is 8.99. The molecule has 1 aliphatic rings. The Balaban J connectivity index is 2.21. The van der Waals surface area contributed by atoms with E-state index < -0.39 is 0 Å². The molecule has 0 saturated heterocycles. The standard InChI is InChI=1S/C10H16N2OS2/c1-11-6-8(13)9-5-7-10(15-9)14-4-3-12(7)2/h5,8,11,13H,3-4,6H2,1-2H3. The summed E-state index contributed by atoms with van der Waals surface area (Å²) in [5, 5.41) is 12.9. The highest BCUT2D eigenvalue weighted by Crippen LogP contribution is 2.42. The molecule has 2 N–H and O–H groups in total. The SMILES string of the molecule is CNCC(O)c1cc2c(s1)SCCN2C. The third kappa shape index (κ3) is 2.30. The van der Waals surface area contributed by atoms with Crippen molar-refractivity contribution in [2.75, 3.05) is 37.8 Å². The van der Waals surface area contributed by atoms with E-state index in [-0.39, 0.29) is 6.10 Å². The van der Waals surface area contributed by atoms with E-state index in [1.165, 1.54) is 9.90 Å². The number of anilines is 1. The normalized spacial score (nSPS) is 17.7. The number of likely N-dealkylation sites (N-methyl/N-ethyl adjacent to an activating group) is 1. The lowest BCUT2D eigenvalue weighted by atomic mass is 10.2. The minimum Gasteiger partial charge on any atom is -0.386 e. The molecule has 1 atom stereocenters. The first-order chi connectivity index (χ1) is 7.22. The number of aliphatic hydroxyl groups excluding tert-OH is 1. The Morgan fingerprint density at radius 2 is 2.47 bits per heavy atom. The molecule has 0 bridgehead atoms. The van der Waals surface area contributed by atoms with Gasteiger partial charge in [-0.25, -0.2) is 0 Å². The van der Waals surface area contributed by atoms with Gasteiger partial charge in [-0.2, -0.15) is 0 Å². The Labute approximate surface area is 98.5 Å². The summed E-state index contributed by atoms with van der Waals surface area (Å²) in [6.45, 7) is 1.71. The molecule has 0 saturated carbocycles. The second-order valence-corrected chi connectivity index (χ2v) is 6.11. The van der Waals surface area contributed by atoms with Gasteiger partial charge in [0.1, 0.15) is 6.10 Å². The molecule has 5 heteroatoms. The quantitative estimate of drug-likeness (QED) is 0.845. The van der Waals surface area contributed by atoms with E-state index in [1.807, 2.05) is 18.8 Å². The minimum atomic E-state index is -0.375. The van der Waals surface area contributed by atoms with Crippen molar-refractivity contribution in [3.8, 4) is 0 Å². The van der Waals surface area contributed by atoms with Crippen LogP contribution < -0.4 is 10.2 Å². The van der Waals surface area contributed by atoms with Crippen molar-refractivity contribution in [1.29, 1.82) is 0 Å². The average Bonchev–Trinajstić information content (AvgIpc) is 2.63. The van der Waals surface area contributed by atoms with Crippen molar-refractivity contribution in [2.45, 2.75) is 10.3 Å². The lowest BCUT2D eigenvalue weighted by molar-refractivity contribution is 0.181. The van der Waals surface area contributed by atoms with Crippen LogP contribution in [0.15, 0.2) is 10.3 Å². The Morgan fingerprint density at radius 3 is 3.13 bits per heavy atom. The van der Waals surface area contributed by atoms with Crippen LogP contribution in [0, 0.1) is 0 Å². The smallest absolute Gasteiger partial charge is 0.101 e. The van der Waals surface area contributed by atoms with E-state index >= 15 is 0 Å². The zero-order chi connectivity index (χ0) is 10.8. The number of rotatable bonds is 3. The number of nitrogens with one attached hydrogen (secondary N) is 1. The van der Waals surface area contributed by atoms with Crippen molar-refractivity contribution < 1.29 is 5.11 Å². The topological polar surface area (TPSA) is 35.5 Å². The number of thiophene rings is 1. The molecule has 1 aromatic rings. The lowest BCUT2D eigenvalue weighted by Crippen LogP contribution is -2.22. The molecule has 0 aliphatic carbocycles. The van der Waals surface area contributed by atoms with Gasteiger partial charge in [0, 0.05) is 30.8 Å². The number of thioether (sulfide) groups is 1. The van der Waals surface area contributed by atoms with Crippen LogP contribution in [-0.4, -0.2) is 38.0 Å². The van der Waals surface area contributed by atoms with E-state index in [4.69, 9.17) is 0 Å². The van der Waals surface area contributed by atoms with Crippen LogP contribution in [0.4, 0.5) is 5.69 Å². The fraction of sp³-hybridized carbons (Fsp3) is 0.600. The molecule has 2 rings (SSSR count). The molecule has 2 heterocycles. The van der Waals surface area contributed by atoms with E-state index in [0.29, 0.717) is 6.54 Å². The second kappa shape index (κ2) is 4.74. The van der Waals surface area contributed by atoms with Gasteiger partial charge in [0.2, 0.25) is 0 Å². The molecule has 1 aliphatic heterocycles. The summed E-state index contributed by atoms with van der Waals surface area (Å²) in [4.78, 5) is 3.33. The molecular weight excluding hydrogens is 228 g/mol. The van der Waals surface area contributed by atoms with Gasteiger partial charge in [0.15, 0.2) is 0 Å². The number of hydrogen-bond donors (Lipinski definition) is 2. The van der Waals surface area contributed by atoms with E-state index in [9.17, 15) is 5.11 Å². The molecule has 15 heavy (non-hydrogen) atoms. The van der Waals surface area contributed by atoms with Crippen molar-refractivity contribution in [3.05, 3.63) is 10.9 Å². The molecule has 3 nitrogen and oxygen atoms in total. The van der Waals surface area contributed by atoms with Gasteiger partial charge in [-0.15, -0.1) is 23.1 Å². The van der Waals surface area contributed by atoms with Gasteiger partial charge in [0.05, 0.1) is 9.90 Å². The van der Waals surface area contributed by atoms with Gasteiger partial charge in [0.25, 0.3) is 0 Å². The first kappa shape index (κ1) is 11.3. The summed E-state index contributed by atoms with van der Waals surface area (Å²) in [6.07, 6.45) is -0.375. The molecule has 1 aromatic heterocycles. The number of fused-ring (bicyclic) bond motifs is 1. The van der Waals surface area contributed by atoms with Crippen LogP contribution in [0.1, 0.15) is 11.0 Å². The molecule has 0 aromatic carbocycles. The maximum absolute atomic E-state index is 9.88. The van der Waals surface area contributed by atoms with Crippen LogP contribution in [0.25, 0.3) is 0 Å². The first-order valence-electron chi connectivity index (χ1n) is 5.02. The fourth-order valence-electron chi connectivity index (χ4n) is 1.61. The predicted octanol–water partition coefficient (Wildman–Crippen LogP) is 1.54. The van der Waals surface area contributed by atoms with Gasteiger partial charge < -0.3 is 15.3 Å². The summed E-state index contributed by atoms with van der Waals surface area (Å²) in [6, 6.07) is 2.12. The average molecular weight is 244 g/mol. The maximum Gasteiger partial charge on any atom is 0.101 e. The molecule has 0 fully saturated rings. The van der Waals surface area contributed by atoms with Gasteiger partial charge in [-0.05, 0) is 13.1 Å². The summed E-state index contributed by atoms with van der Waals surface area (Å²) in [5.74, 6) is 1.14. The third-order valence-electron chi connectivity index (χ3n) is 2.50. The first-order valence-corrected chi connectivity index (χ1v) is 6.83. The largest absolute Gasteiger partial charge is 0.386 e. The number of aliphatic hydroxyl groups is 1. The Morgan fingerprint density at radius 1 is 1.67 bits per heavy atom. The summed E-state index contributed by atoms with van der Waals surface area (Å²) in [5.41, 5.74) is 1.28. The second-order valence-electron chi connectivity index (χ2n) is 3.66. The van der Waals surface area contributed by atoms with Crippen molar-refractivity contribution in [2.24, 2.45) is 0 Å². The molecular formula is C10H16N2OS2. The predicted molar refractivity (Wildman–Crippen MR) is 67.2 cm³/mol. The third-order valence-corrected chi connectivity index (χ3v) is 4.98. The molecule has 0 amide bonds. The van der Waals surface area contributed by atoms with Crippen LogP contribution in [0.3, 0.4) is 0 Å². The Hall–Kier alpha value is -0.230. The Kier molecular flexibility index (Phi) is 3.56. The molecule has 1 unspecified atom stereocenters. The molecule has 84 valence electrons. The molecule has 0 spiro atoms. The van der Waals surface area contributed by atoms with E-state index in [1.54, 1.807) is 11.3 Å². The number of nitrogens with zero attached hydrogens (tertiary/aromatic N) is 1. The van der Waals surface area contributed by atoms with Crippen LogP contribution in [0.5, 0.6) is 0 Å². The van der Waals surface area contributed by atoms with E-state index in [2.05, 4.69) is 23.3 Å².